The van der Waals surface area contributed by atoms with Crippen molar-refractivity contribution in [3.8, 4) is 0 Å². The molecule has 166 valence electrons. The summed E-state index contributed by atoms with van der Waals surface area (Å²) in [6.45, 7) is 18.7. The molecular formula is C24H42O4Si. The predicted octanol–water partition coefficient (Wildman–Crippen LogP) is 6.44. The van der Waals surface area contributed by atoms with Gasteiger partial charge in [0.2, 0.25) is 0 Å². The maximum Gasteiger partial charge on any atom is 0.331 e. The molecule has 0 radical (unpaired) electrons. The zero-order chi connectivity index (χ0) is 22.4. The van der Waals surface area contributed by atoms with E-state index in [0.29, 0.717) is 5.92 Å². The molecule has 0 unspecified atom stereocenters. The average Bonchev–Trinajstić information content (AvgIpc) is 2.45. The molecule has 1 aliphatic heterocycles. The van der Waals surface area contributed by atoms with Crippen molar-refractivity contribution in [1.29, 1.82) is 0 Å². The van der Waals surface area contributed by atoms with E-state index in [1.807, 2.05) is 27.7 Å². The lowest BCUT2D eigenvalue weighted by atomic mass is 9.94. The van der Waals surface area contributed by atoms with Crippen molar-refractivity contribution >= 4 is 20.0 Å². The Hall–Kier alpha value is -1.36. The van der Waals surface area contributed by atoms with Crippen LogP contribution < -0.4 is 0 Å². The minimum atomic E-state index is -1.47. The molecule has 0 amide bonds. The zero-order valence-electron chi connectivity index (χ0n) is 20.1. The Bertz CT molecular complexity index is 634. The number of carbonyl (C=O) groups is 2. The van der Waals surface area contributed by atoms with Gasteiger partial charge in [0.25, 0.3) is 0 Å². The topological polar surface area (TPSA) is 52.6 Å². The first-order valence-electron chi connectivity index (χ1n) is 11.0. The van der Waals surface area contributed by atoms with Crippen LogP contribution in [0.5, 0.6) is 0 Å². The molecular weight excluding hydrogens is 380 g/mol. The third-order valence-corrected chi connectivity index (χ3v) is 7.63. The maximum atomic E-state index is 11.9. The van der Waals surface area contributed by atoms with E-state index >= 15 is 0 Å². The number of allylic oxidation sites excluding steroid dienone is 3. The first-order valence-corrected chi connectivity index (χ1v) is 14.6. The molecule has 0 bridgehead atoms. The van der Waals surface area contributed by atoms with Crippen LogP contribution in [0.1, 0.15) is 73.6 Å². The number of unbranched alkanes of at least 4 members (excludes halogenated alkanes) is 1. The van der Waals surface area contributed by atoms with Crippen LogP contribution in [0.2, 0.25) is 25.2 Å². The van der Waals surface area contributed by atoms with Gasteiger partial charge in [-0.25, -0.2) is 4.79 Å². The Morgan fingerprint density at radius 1 is 1.17 bits per heavy atom. The van der Waals surface area contributed by atoms with Gasteiger partial charge in [0.1, 0.15) is 11.7 Å². The molecule has 0 spiro atoms. The normalized spacial score (nSPS) is 22.0. The lowest BCUT2D eigenvalue weighted by Crippen LogP contribution is -2.52. The highest BCUT2D eigenvalue weighted by atomic mass is 28.3. The van der Waals surface area contributed by atoms with Gasteiger partial charge in [-0.1, -0.05) is 51.1 Å². The standard InChI is InChI=1S/C24H42O4Si/c1-17(12-10-11-13-20-22(23(26)27-20)29(7,8)9)14-18(2)15-19(3)16-21(25)28-24(4,5)6/h15-17,20,22H,10-14H2,1-9H3/b18-15+,19-16+/t17-,20-,22+/m1/s1. The smallest absolute Gasteiger partial charge is 0.331 e. The fourth-order valence-electron chi connectivity index (χ4n) is 4.00. The Morgan fingerprint density at radius 2 is 1.79 bits per heavy atom. The molecule has 0 saturated carbocycles. The fraction of sp³-hybridized carbons (Fsp3) is 0.750. The van der Waals surface area contributed by atoms with Crippen LogP contribution in [0.3, 0.4) is 0 Å². The third-order valence-electron chi connectivity index (χ3n) is 5.16. The lowest BCUT2D eigenvalue weighted by molar-refractivity contribution is -0.170. The van der Waals surface area contributed by atoms with Gasteiger partial charge in [0.15, 0.2) is 0 Å². The largest absolute Gasteiger partial charge is 0.462 e. The molecule has 1 rings (SSSR count). The van der Waals surface area contributed by atoms with Crippen molar-refractivity contribution in [2.45, 2.75) is 111 Å². The van der Waals surface area contributed by atoms with Gasteiger partial charge in [-0.2, -0.15) is 0 Å². The number of ether oxygens (including phenoxy) is 2. The van der Waals surface area contributed by atoms with Crippen LogP contribution in [-0.2, 0) is 19.1 Å². The monoisotopic (exact) mass is 422 g/mol. The summed E-state index contributed by atoms with van der Waals surface area (Å²) < 4.78 is 10.7. The van der Waals surface area contributed by atoms with E-state index in [-0.39, 0.29) is 23.6 Å². The third kappa shape index (κ3) is 9.79. The molecule has 0 aliphatic carbocycles. The van der Waals surface area contributed by atoms with E-state index in [2.05, 4.69) is 39.6 Å². The van der Waals surface area contributed by atoms with Crippen molar-refractivity contribution in [2.24, 2.45) is 5.92 Å². The van der Waals surface area contributed by atoms with Crippen LogP contribution in [0.25, 0.3) is 0 Å². The molecule has 3 atom stereocenters. The number of esters is 2. The first-order chi connectivity index (χ1) is 13.2. The predicted molar refractivity (Wildman–Crippen MR) is 123 cm³/mol. The number of carbonyl (C=O) groups excluding carboxylic acids is 2. The Balaban J connectivity index is 2.35. The molecule has 1 heterocycles. The SMILES string of the molecule is CC(=C\C(=O)OC(C)(C)C)/C=C(\C)C[C@H](C)CCCC[C@H]1OC(=O)[C@H]1[Si](C)(C)C. The number of rotatable bonds is 10. The fourth-order valence-corrected chi connectivity index (χ4v) is 6.13. The van der Waals surface area contributed by atoms with E-state index in [1.165, 1.54) is 5.57 Å². The summed E-state index contributed by atoms with van der Waals surface area (Å²) in [6, 6.07) is 0. The molecule has 0 aromatic rings. The van der Waals surface area contributed by atoms with Gasteiger partial charge in [-0.3, -0.25) is 4.79 Å². The van der Waals surface area contributed by atoms with E-state index < -0.39 is 13.7 Å². The summed E-state index contributed by atoms with van der Waals surface area (Å²) in [5, 5.41) is 0. The van der Waals surface area contributed by atoms with Crippen LogP contribution in [0.15, 0.2) is 23.3 Å². The van der Waals surface area contributed by atoms with Gasteiger partial charge in [-0.05, 0) is 65.4 Å². The van der Waals surface area contributed by atoms with Gasteiger partial charge >= 0.3 is 11.9 Å². The van der Waals surface area contributed by atoms with Crippen LogP contribution in [0.4, 0.5) is 0 Å². The second-order valence-electron chi connectivity index (χ2n) is 10.8. The summed E-state index contributed by atoms with van der Waals surface area (Å²) in [6.07, 6.45) is 9.26. The molecule has 0 aromatic carbocycles. The molecule has 5 heteroatoms. The summed E-state index contributed by atoms with van der Waals surface area (Å²) in [4.78, 5) is 23.6. The highest BCUT2D eigenvalue weighted by Gasteiger charge is 2.49. The van der Waals surface area contributed by atoms with Gasteiger partial charge in [-0.15, -0.1) is 0 Å². The quantitative estimate of drug-likeness (QED) is 0.134. The van der Waals surface area contributed by atoms with Crippen molar-refractivity contribution in [2.75, 3.05) is 0 Å². The second-order valence-corrected chi connectivity index (χ2v) is 16.2. The molecule has 1 aliphatic rings. The molecule has 1 saturated heterocycles. The van der Waals surface area contributed by atoms with Crippen molar-refractivity contribution in [3.63, 3.8) is 0 Å². The summed E-state index contributed by atoms with van der Waals surface area (Å²) in [5.74, 6) is 0.329. The molecule has 29 heavy (non-hydrogen) atoms. The Kier molecular flexibility index (Phi) is 9.39. The van der Waals surface area contributed by atoms with Crippen LogP contribution in [-0.4, -0.2) is 31.7 Å². The summed E-state index contributed by atoms with van der Waals surface area (Å²) in [5.41, 5.74) is 1.92. The molecule has 4 nitrogen and oxygen atoms in total. The van der Waals surface area contributed by atoms with Gasteiger partial charge in [0, 0.05) is 6.08 Å². The minimum absolute atomic E-state index is 0.0260. The lowest BCUT2D eigenvalue weighted by Gasteiger charge is -2.42. The van der Waals surface area contributed by atoms with Gasteiger partial charge in [0.05, 0.1) is 13.6 Å². The van der Waals surface area contributed by atoms with Gasteiger partial charge < -0.3 is 9.47 Å². The summed E-state index contributed by atoms with van der Waals surface area (Å²) in [7, 11) is -1.47. The average molecular weight is 423 g/mol. The number of hydrogen-bond donors (Lipinski definition) is 0. The van der Waals surface area contributed by atoms with Crippen molar-refractivity contribution < 1.29 is 19.1 Å². The molecule has 1 fully saturated rings. The summed E-state index contributed by atoms with van der Waals surface area (Å²) >= 11 is 0. The maximum absolute atomic E-state index is 11.9. The van der Waals surface area contributed by atoms with E-state index in [4.69, 9.17) is 9.47 Å². The first kappa shape index (κ1) is 25.7. The molecule has 0 N–H and O–H groups in total. The second kappa shape index (κ2) is 10.6. The van der Waals surface area contributed by atoms with Crippen molar-refractivity contribution in [3.05, 3.63) is 23.3 Å². The van der Waals surface area contributed by atoms with Crippen molar-refractivity contribution in [1.82, 2.24) is 0 Å². The molecule has 0 aromatic heterocycles. The van der Waals surface area contributed by atoms with E-state index in [0.717, 1.165) is 37.7 Å². The highest BCUT2D eigenvalue weighted by Crippen LogP contribution is 2.39. The minimum Gasteiger partial charge on any atom is -0.462 e. The Morgan fingerprint density at radius 3 is 2.31 bits per heavy atom. The Labute approximate surface area is 179 Å². The van der Waals surface area contributed by atoms with E-state index in [9.17, 15) is 9.59 Å². The van der Waals surface area contributed by atoms with E-state index in [1.54, 1.807) is 6.08 Å². The van der Waals surface area contributed by atoms with Crippen LogP contribution >= 0.6 is 0 Å². The zero-order valence-corrected chi connectivity index (χ0v) is 21.1. The van der Waals surface area contributed by atoms with Crippen LogP contribution in [0, 0.1) is 5.92 Å². The highest BCUT2D eigenvalue weighted by molar-refractivity contribution is 6.81. The number of cyclic esters (lactones) is 1. The number of hydrogen-bond acceptors (Lipinski definition) is 4.